The van der Waals surface area contributed by atoms with Crippen LogP contribution in [-0.4, -0.2) is 49.8 Å². The van der Waals surface area contributed by atoms with Gasteiger partial charge in [0.15, 0.2) is 11.5 Å². The van der Waals surface area contributed by atoms with Crippen LogP contribution in [0.2, 0.25) is 0 Å². The van der Waals surface area contributed by atoms with E-state index < -0.39 is 0 Å². The van der Waals surface area contributed by atoms with E-state index in [2.05, 4.69) is 0 Å². The lowest BCUT2D eigenvalue weighted by atomic mass is 10.0. The molecule has 1 aromatic carbocycles. The van der Waals surface area contributed by atoms with Gasteiger partial charge in [-0.15, -0.1) is 12.4 Å². The van der Waals surface area contributed by atoms with Crippen LogP contribution in [0.25, 0.3) is 0 Å². The second-order valence-electron chi connectivity index (χ2n) is 6.26. The number of nitrogens with two attached hydrogens (primary N) is 1. The minimum absolute atomic E-state index is 0. The standard InChI is InChI=1S/C19H30N2O4.ClH/c1-5-23-16-10-15(11-17(24-6-2)18(16)25-7-3)19(22)21-9-8-14(12-21)13(4)20;/h10-11,13-14H,5-9,12,20H2,1-4H3;1H. The minimum atomic E-state index is -0.0203. The molecule has 0 aliphatic carbocycles. The van der Waals surface area contributed by atoms with E-state index in [4.69, 9.17) is 19.9 Å². The number of carbonyl (C=O) groups is 1. The lowest BCUT2D eigenvalue weighted by molar-refractivity contribution is 0.0784. The van der Waals surface area contributed by atoms with Gasteiger partial charge >= 0.3 is 0 Å². The Labute approximate surface area is 162 Å². The Bertz CT molecular complexity index is 568. The number of rotatable bonds is 8. The first kappa shape index (κ1) is 22.4. The minimum Gasteiger partial charge on any atom is -0.490 e. The van der Waals surface area contributed by atoms with Gasteiger partial charge in [-0.1, -0.05) is 0 Å². The number of halogens is 1. The van der Waals surface area contributed by atoms with Gasteiger partial charge in [-0.05, 0) is 52.2 Å². The molecule has 1 saturated heterocycles. The number of hydrogen-bond donors (Lipinski definition) is 1. The average molecular weight is 387 g/mol. The Kier molecular flexibility index (Phi) is 9.02. The van der Waals surface area contributed by atoms with E-state index in [1.165, 1.54) is 0 Å². The van der Waals surface area contributed by atoms with Crippen molar-refractivity contribution < 1.29 is 19.0 Å². The normalized spacial score (nSPS) is 17.4. The van der Waals surface area contributed by atoms with Crippen molar-refractivity contribution in [3.05, 3.63) is 17.7 Å². The molecule has 1 aliphatic rings. The first-order valence-electron chi connectivity index (χ1n) is 9.13. The van der Waals surface area contributed by atoms with Crippen molar-refractivity contribution in [2.24, 2.45) is 11.7 Å². The third-order valence-electron chi connectivity index (χ3n) is 4.41. The van der Waals surface area contributed by atoms with Gasteiger partial charge in [-0.2, -0.15) is 0 Å². The highest BCUT2D eigenvalue weighted by molar-refractivity contribution is 5.95. The van der Waals surface area contributed by atoms with Crippen molar-refractivity contribution in [3.8, 4) is 17.2 Å². The molecule has 0 radical (unpaired) electrons. The summed E-state index contributed by atoms with van der Waals surface area (Å²) in [6.45, 7) is 10.6. The van der Waals surface area contributed by atoms with Gasteiger partial charge in [-0.3, -0.25) is 4.79 Å². The molecule has 2 unspecified atom stereocenters. The number of ether oxygens (including phenoxy) is 3. The van der Waals surface area contributed by atoms with Crippen LogP contribution in [0.15, 0.2) is 12.1 Å². The van der Waals surface area contributed by atoms with Crippen LogP contribution in [0.5, 0.6) is 17.2 Å². The Hall–Kier alpha value is -1.66. The smallest absolute Gasteiger partial charge is 0.254 e. The molecule has 26 heavy (non-hydrogen) atoms. The van der Waals surface area contributed by atoms with Crippen molar-refractivity contribution in [2.45, 2.75) is 40.2 Å². The highest BCUT2D eigenvalue weighted by Crippen LogP contribution is 2.39. The molecule has 0 saturated carbocycles. The highest BCUT2D eigenvalue weighted by atomic mass is 35.5. The molecule has 1 fully saturated rings. The third kappa shape index (κ3) is 5.17. The second kappa shape index (κ2) is 10.5. The van der Waals surface area contributed by atoms with Crippen molar-refractivity contribution in [2.75, 3.05) is 32.9 Å². The molecule has 0 bridgehead atoms. The maximum Gasteiger partial charge on any atom is 0.254 e. The Morgan fingerprint density at radius 1 is 1.15 bits per heavy atom. The van der Waals surface area contributed by atoms with Crippen LogP contribution >= 0.6 is 12.4 Å². The molecule has 1 amide bonds. The van der Waals surface area contributed by atoms with Gasteiger partial charge in [0.25, 0.3) is 5.91 Å². The van der Waals surface area contributed by atoms with Gasteiger partial charge in [0, 0.05) is 24.7 Å². The van der Waals surface area contributed by atoms with Crippen LogP contribution < -0.4 is 19.9 Å². The number of likely N-dealkylation sites (tertiary alicyclic amines) is 1. The van der Waals surface area contributed by atoms with E-state index in [-0.39, 0.29) is 24.4 Å². The molecule has 2 rings (SSSR count). The van der Waals surface area contributed by atoms with Crippen LogP contribution in [-0.2, 0) is 0 Å². The summed E-state index contributed by atoms with van der Waals surface area (Å²) in [5, 5.41) is 0. The maximum absolute atomic E-state index is 12.9. The number of amides is 1. The Morgan fingerprint density at radius 2 is 1.69 bits per heavy atom. The molecule has 148 valence electrons. The summed E-state index contributed by atoms with van der Waals surface area (Å²) in [6, 6.07) is 3.59. The van der Waals surface area contributed by atoms with Crippen molar-refractivity contribution in [1.82, 2.24) is 4.90 Å². The quantitative estimate of drug-likeness (QED) is 0.743. The van der Waals surface area contributed by atoms with E-state index in [9.17, 15) is 4.79 Å². The van der Waals surface area contributed by atoms with Crippen LogP contribution in [0.1, 0.15) is 44.5 Å². The van der Waals surface area contributed by atoms with Gasteiger partial charge in [0.1, 0.15) is 0 Å². The Morgan fingerprint density at radius 3 is 2.12 bits per heavy atom. The largest absolute Gasteiger partial charge is 0.490 e. The van der Waals surface area contributed by atoms with E-state index in [1.54, 1.807) is 12.1 Å². The highest BCUT2D eigenvalue weighted by Gasteiger charge is 2.30. The molecular weight excluding hydrogens is 356 g/mol. The Balaban J connectivity index is 0.00000338. The number of benzene rings is 1. The second-order valence-corrected chi connectivity index (χ2v) is 6.26. The zero-order valence-corrected chi connectivity index (χ0v) is 16.9. The SMILES string of the molecule is CCOc1cc(C(=O)N2CCC(C(C)N)C2)cc(OCC)c1OCC.Cl. The van der Waals surface area contributed by atoms with E-state index >= 15 is 0 Å². The predicted octanol–water partition coefficient (Wildman–Crippen LogP) is 3.11. The average Bonchev–Trinajstić information content (AvgIpc) is 3.07. The predicted molar refractivity (Wildman–Crippen MR) is 105 cm³/mol. The van der Waals surface area contributed by atoms with E-state index in [0.717, 1.165) is 13.0 Å². The summed E-state index contributed by atoms with van der Waals surface area (Å²) in [5.41, 5.74) is 6.54. The summed E-state index contributed by atoms with van der Waals surface area (Å²) < 4.78 is 17.1. The molecule has 0 aromatic heterocycles. The number of nitrogens with zero attached hydrogens (tertiary/aromatic N) is 1. The molecule has 1 aliphatic heterocycles. The lowest BCUT2D eigenvalue weighted by Gasteiger charge is -2.21. The fourth-order valence-electron chi connectivity index (χ4n) is 3.10. The summed E-state index contributed by atoms with van der Waals surface area (Å²) in [6.07, 6.45) is 0.942. The fraction of sp³-hybridized carbons (Fsp3) is 0.632. The van der Waals surface area contributed by atoms with E-state index in [1.807, 2.05) is 32.6 Å². The first-order valence-corrected chi connectivity index (χ1v) is 9.13. The molecule has 2 atom stereocenters. The van der Waals surface area contributed by atoms with Gasteiger partial charge in [0.05, 0.1) is 19.8 Å². The van der Waals surface area contributed by atoms with Gasteiger partial charge in [0.2, 0.25) is 5.75 Å². The fourth-order valence-corrected chi connectivity index (χ4v) is 3.10. The topological polar surface area (TPSA) is 74.0 Å². The molecular formula is C19H31ClN2O4. The third-order valence-corrected chi connectivity index (χ3v) is 4.41. The van der Waals surface area contributed by atoms with Crippen molar-refractivity contribution in [1.29, 1.82) is 0 Å². The first-order chi connectivity index (χ1) is 12.0. The summed E-state index contributed by atoms with van der Waals surface area (Å²) in [5.74, 6) is 1.97. The summed E-state index contributed by atoms with van der Waals surface area (Å²) in [7, 11) is 0. The maximum atomic E-state index is 12.9. The molecule has 0 spiro atoms. The summed E-state index contributed by atoms with van der Waals surface area (Å²) >= 11 is 0. The van der Waals surface area contributed by atoms with Crippen molar-refractivity contribution >= 4 is 18.3 Å². The van der Waals surface area contributed by atoms with Gasteiger partial charge in [-0.25, -0.2) is 0 Å². The monoisotopic (exact) mass is 386 g/mol. The molecule has 1 aromatic rings. The molecule has 2 N–H and O–H groups in total. The molecule has 6 nitrogen and oxygen atoms in total. The molecule has 1 heterocycles. The van der Waals surface area contributed by atoms with Crippen LogP contribution in [0, 0.1) is 5.92 Å². The summed E-state index contributed by atoms with van der Waals surface area (Å²) in [4.78, 5) is 14.8. The van der Waals surface area contributed by atoms with Crippen molar-refractivity contribution in [3.63, 3.8) is 0 Å². The zero-order chi connectivity index (χ0) is 18.4. The lowest BCUT2D eigenvalue weighted by Crippen LogP contribution is -2.33. The number of hydrogen-bond acceptors (Lipinski definition) is 5. The molecule has 7 heteroatoms. The van der Waals surface area contributed by atoms with Gasteiger partial charge < -0.3 is 24.8 Å². The van der Waals surface area contributed by atoms with Crippen LogP contribution in [0.3, 0.4) is 0 Å². The van der Waals surface area contributed by atoms with Crippen LogP contribution in [0.4, 0.5) is 0 Å². The van der Waals surface area contributed by atoms with E-state index in [0.29, 0.717) is 55.1 Å². The zero-order valence-electron chi connectivity index (χ0n) is 16.1. The number of carbonyl (C=O) groups excluding carboxylic acids is 1.